The number of hydrogen-bond donors (Lipinski definition) is 1. The topological polar surface area (TPSA) is 55.6 Å². The minimum atomic E-state index is -0.377. The molecule has 0 saturated carbocycles. The van der Waals surface area contributed by atoms with Gasteiger partial charge in [-0.25, -0.2) is 0 Å². The highest BCUT2D eigenvalue weighted by molar-refractivity contribution is 5.53. The van der Waals surface area contributed by atoms with Crippen molar-refractivity contribution in [3.8, 4) is 5.69 Å². The van der Waals surface area contributed by atoms with Crippen LogP contribution in [0.1, 0.15) is 37.2 Å². The number of tetrazole rings is 1. The maximum absolute atomic E-state index is 4.34. The van der Waals surface area contributed by atoms with Crippen LogP contribution in [0, 0.1) is 13.8 Å². The average Bonchev–Trinajstić information content (AvgIpc) is 3.07. The Labute approximate surface area is 142 Å². The molecule has 3 rings (SSSR count). The summed E-state index contributed by atoms with van der Waals surface area (Å²) in [5.74, 6) is 0.808. The van der Waals surface area contributed by atoms with Crippen LogP contribution >= 0.6 is 0 Å². The molecule has 1 unspecified atom stereocenters. The quantitative estimate of drug-likeness (QED) is 0.771. The average molecular weight is 321 g/mol. The van der Waals surface area contributed by atoms with Gasteiger partial charge in [-0.15, -0.1) is 5.10 Å². The second-order valence-corrected chi connectivity index (χ2v) is 6.33. The molecule has 0 aliphatic carbocycles. The molecule has 1 aromatic heterocycles. The van der Waals surface area contributed by atoms with Gasteiger partial charge in [-0.05, 0) is 60.9 Å². The zero-order valence-electron chi connectivity index (χ0n) is 14.6. The molecule has 124 valence electrons. The molecule has 0 bridgehead atoms. The van der Waals surface area contributed by atoms with Gasteiger partial charge >= 0.3 is 0 Å². The van der Waals surface area contributed by atoms with Gasteiger partial charge in [-0.2, -0.15) is 4.68 Å². The lowest BCUT2D eigenvalue weighted by molar-refractivity contribution is 0.474. The van der Waals surface area contributed by atoms with Gasteiger partial charge < -0.3 is 5.32 Å². The Bertz CT molecular complexity index is 839. The normalized spacial score (nSPS) is 13.5. The van der Waals surface area contributed by atoms with Gasteiger partial charge in [-0.3, -0.25) is 0 Å². The molecule has 0 fully saturated rings. The third-order valence-electron chi connectivity index (χ3n) is 4.57. The van der Waals surface area contributed by atoms with Crippen LogP contribution in [0.5, 0.6) is 0 Å². The fraction of sp³-hybridized carbons (Fsp3) is 0.316. The molecular formula is C19H23N5. The fourth-order valence-electron chi connectivity index (χ4n) is 2.81. The number of nitrogens with one attached hydrogen (secondary N) is 1. The molecule has 1 heterocycles. The second-order valence-electron chi connectivity index (χ2n) is 6.33. The van der Waals surface area contributed by atoms with Crippen molar-refractivity contribution in [3.05, 3.63) is 65.5 Å². The van der Waals surface area contributed by atoms with E-state index in [1.54, 1.807) is 0 Å². The lowest BCUT2D eigenvalue weighted by Crippen LogP contribution is -2.35. The van der Waals surface area contributed by atoms with E-state index in [1.807, 2.05) is 35.0 Å². The van der Waals surface area contributed by atoms with Crippen molar-refractivity contribution in [3.63, 3.8) is 0 Å². The highest BCUT2D eigenvalue weighted by atomic mass is 15.6. The Hall–Kier alpha value is -2.69. The summed E-state index contributed by atoms with van der Waals surface area (Å²) < 4.78 is 1.84. The van der Waals surface area contributed by atoms with Crippen LogP contribution in [0.3, 0.4) is 0 Å². The van der Waals surface area contributed by atoms with E-state index >= 15 is 0 Å². The maximum atomic E-state index is 4.34. The predicted octanol–water partition coefficient (Wildman–Crippen LogP) is 4.02. The van der Waals surface area contributed by atoms with Crippen molar-refractivity contribution < 1.29 is 0 Å². The van der Waals surface area contributed by atoms with E-state index in [0.717, 1.165) is 29.2 Å². The van der Waals surface area contributed by atoms with Gasteiger partial charge in [-0.1, -0.05) is 43.3 Å². The van der Waals surface area contributed by atoms with Crippen LogP contribution < -0.4 is 5.32 Å². The summed E-state index contributed by atoms with van der Waals surface area (Å²) in [6, 6.07) is 16.4. The smallest absolute Gasteiger partial charge is 0.181 e. The maximum Gasteiger partial charge on any atom is 0.181 e. The highest BCUT2D eigenvalue weighted by Crippen LogP contribution is 2.30. The van der Waals surface area contributed by atoms with Crippen molar-refractivity contribution in [2.75, 3.05) is 5.32 Å². The number of aryl methyl sites for hydroxylation is 2. The van der Waals surface area contributed by atoms with E-state index in [0.29, 0.717) is 0 Å². The number of anilines is 1. The van der Waals surface area contributed by atoms with E-state index in [2.05, 4.69) is 66.7 Å². The Morgan fingerprint density at radius 2 is 1.67 bits per heavy atom. The first kappa shape index (κ1) is 16.2. The molecule has 0 aliphatic rings. The number of rotatable bonds is 5. The summed E-state index contributed by atoms with van der Waals surface area (Å²) >= 11 is 0. The molecule has 0 amide bonds. The van der Waals surface area contributed by atoms with Crippen LogP contribution in [0.4, 0.5) is 5.69 Å². The Kier molecular flexibility index (Phi) is 4.34. The van der Waals surface area contributed by atoms with Gasteiger partial charge in [0, 0.05) is 5.69 Å². The van der Waals surface area contributed by atoms with Crippen LogP contribution in [0.25, 0.3) is 5.69 Å². The second kappa shape index (κ2) is 6.43. The molecule has 5 nitrogen and oxygen atoms in total. The minimum absolute atomic E-state index is 0.377. The predicted molar refractivity (Wildman–Crippen MR) is 96.3 cm³/mol. The van der Waals surface area contributed by atoms with Crippen molar-refractivity contribution in [1.82, 2.24) is 20.2 Å². The summed E-state index contributed by atoms with van der Waals surface area (Å²) in [6.45, 7) is 8.45. The van der Waals surface area contributed by atoms with Crippen molar-refractivity contribution in [2.45, 2.75) is 39.7 Å². The first-order valence-electron chi connectivity index (χ1n) is 8.24. The summed E-state index contributed by atoms with van der Waals surface area (Å²) in [6.07, 6.45) is 0.855. The van der Waals surface area contributed by atoms with Gasteiger partial charge in [0.1, 0.15) is 0 Å². The largest absolute Gasteiger partial charge is 0.373 e. The molecule has 3 aromatic rings. The molecule has 0 saturated heterocycles. The molecule has 1 atom stereocenters. The Morgan fingerprint density at radius 3 is 2.33 bits per heavy atom. The highest BCUT2D eigenvalue weighted by Gasteiger charge is 2.32. The molecule has 0 spiro atoms. The Morgan fingerprint density at radius 1 is 1.00 bits per heavy atom. The number of para-hydroxylation sites is 2. The molecule has 24 heavy (non-hydrogen) atoms. The van der Waals surface area contributed by atoms with E-state index < -0.39 is 0 Å². The summed E-state index contributed by atoms with van der Waals surface area (Å²) in [5.41, 5.74) is 4.06. The number of hydrogen-bond acceptors (Lipinski definition) is 4. The van der Waals surface area contributed by atoms with Gasteiger partial charge in [0.25, 0.3) is 0 Å². The van der Waals surface area contributed by atoms with E-state index in [-0.39, 0.29) is 5.54 Å². The zero-order valence-corrected chi connectivity index (χ0v) is 14.6. The third kappa shape index (κ3) is 2.89. The van der Waals surface area contributed by atoms with E-state index in [9.17, 15) is 0 Å². The zero-order chi connectivity index (χ0) is 17.2. The molecule has 1 N–H and O–H groups in total. The number of nitrogens with zero attached hydrogens (tertiary/aromatic N) is 4. The monoisotopic (exact) mass is 321 g/mol. The van der Waals surface area contributed by atoms with Crippen LogP contribution in [-0.4, -0.2) is 20.2 Å². The fourth-order valence-corrected chi connectivity index (χ4v) is 2.81. The van der Waals surface area contributed by atoms with Crippen LogP contribution in [0.15, 0.2) is 48.5 Å². The standard InChI is InChI=1S/C19H23N5/c1-5-19(4,20-16-12-8-6-10-14(16)2)18-21-22-23-24(18)17-13-9-7-11-15(17)3/h6-13,20H,5H2,1-4H3. The molecule has 5 heteroatoms. The van der Waals surface area contributed by atoms with Crippen molar-refractivity contribution in [2.24, 2.45) is 0 Å². The molecule has 2 aromatic carbocycles. The lowest BCUT2D eigenvalue weighted by atomic mass is 9.96. The minimum Gasteiger partial charge on any atom is -0.373 e. The van der Waals surface area contributed by atoms with Crippen molar-refractivity contribution >= 4 is 5.69 Å². The lowest BCUT2D eigenvalue weighted by Gasteiger charge is -2.30. The molecule has 0 aliphatic heterocycles. The first-order chi connectivity index (χ1) is 11.5. The van der Waals surface area contributed by atoms with Crippen molar-refractivity contribution in [1.29, 1.82) is 0 Å². The number of benzene rings is 2. The van der Waals surface area contributed by atoms with E-state index in [1.165, 1.54) is 5.56 Å². The SMILES string of the molecule is CCC(C)(Nc1ccccc1C)c1nnnn1-c1ccccc1C. The van der Waals surface area contributed by atoms with Crippen LogP contribution in [0.2, 0.25) is 0 Å². The van der Waals surface area contributed by atoms with E-state index in [4.69, 9.17) is 0 Å². The van der Waals surface area contributed by atoms with Gasteiger partial charge in [0.15, 0.2) is 5.82 Å². The first-order valence-corrected chi connectivity index (χ1v) is 8.24. The summed E-state index contributed by atoms with van der Waals surface area (Å²) in [5, 5.41) is 16.2. The van der Waals surface area contributed by atoms with Gasteiger partial charge in [0.2, 0.25) is 0 Å². The number of aromatic nitrogens is 4. The molecular weight excluding hydrogens is 298 g/mol. The van der Waals surface area contributed by atoms with Gasteiger partial charge in [0.05, 0.1) is 11.2 Å². The third-order valence-corrected chi connectivity index (χ3v) is 4.57. The summed E-state index contributed by atoms with van der Waals surface area (Å²) in [4.78, 5) is 0. The summed E-state index contributed by atoms with van der Waals surface area (Å²) in [7, 11) is 0. The molecule has 0 radical (unpaired) electrons. The Balaban J connectivity index is 2.05. The van der Waals surface area contributed by atoms with Crippen LogP contribution in [-0.2, 0) is 5.54 Å².